The van der Waals surface area contributed by atoms with Crippen LogP contribution in [0.2, 0.25) is 0 Å². The monoisotopic (exact) mass is 300 g/mol. The number of amides is 2. The molecule has 0 bridgehead atoms. The number of para-hydroxylation sites is 2. The van der Waals surface area contributed by atoms with Crippen LogP contribution in [0, 0.1) is 5.92 Å². The molecule has 1 aromatic carbocycles. The van der Waals surface area contributed by atoms with Crippen molar-refractivity contribution >= 4 is 17.5 Å². The Morgan fingerprint density at radius 3 is 2.95 bits per heavy atom. The molecule has 0 saturated heterocycles. The van der Waals surface area contributed by atoms with Crippen molar-refractivity contribution in [2.75, 3.05) is 24.6 Å². The molecule has 2 amide bonds. The molecule has 0 fully saturated rings. The van der Waals surface area contributed by atoms with Crippen molar-refractivity contribution < 1.29 is 14.3 Å². The molecule has 22 heavy (non-hydrogen) atoms. The molecule has 116 valence electrons. The van der Waals surface area contributed by atoms with E-state index >= 15 is 0 Å². The summed E-state index contributed by atoms with van der Waals surface area (Å²) in [6, 6.07) is 7.29. The van der Waals surface area contributed by atoms with Crippen LogP contribution in [0.4, 0.5) is 5.69 Å². The van der Waals surface area contributed by atoms with Crippen LogP contribution in [0.15, 0.2) is 36.4 Å². The highest BCUT2D eigenvalue weighted by atomic mass is 16.5. The summed E-state index contributed by atoms with van der Waals surface area (Å²) >= 11 is 0. The number of benzene rings is 1. The molecule has 3 rings (SSSR count). The van der Waals surface area contributed by atoms with Gasteiger partial charge in [0.1, 0.15) is 12.4 Å². The van der Waals surface area contributed by atoms with Crippen LogP contribution in [0.25, 0.3) is 0 Å². The zero-order valence-corrected chi connectivity index (χ0v) is 12.5. The van der Waals surface area contributed by atoms with E-state index in [9.17, 15) is 9.59 Å². The Bertz CT molecular complexity index is 597. The first kappa shape index (κ1) is 14.6. The molecule has 1 atom stereocenters. The van der Waals surface area contributed by atoms with E-state index in [1.54, 1.807) is 12.1 Å². The van der Waals surface area contributed by atoms with Gasteiger partial charge in [0.15, 0.2) is 0 Å². The van der Waals surface area contributed by atoms with Crippen LogP contribution >= 0.6 is 0 Å². The first-order chi connectivity index (χ1) is 10.8. The molecule has 2 aliphatic rings. The number of hydrogen-bond acceptors (Lipinski definition) is 3. The molecule has 1 unspecified atom stereocenters. The number of anilines is 1. The van der Waals surface area contributed by atoms with E-state index in [4.69, 9.17) is 4.74 Å². The number of fused-ring (bicyclic) bond motifs is 1. The van der Waals surface area contributed by atoms with Gasteiger partial charge >= 0.3 is 11.8 Å². The summed E-state index contributed by atoms with van der Waals surface area (Å²) < 4.78 is 5.51. The Labute approximate surface area is 129 Å². The average Bonchev–Trinajstić information content (AvgIpc) is 2.59. The van der Waals surface area contributed by atoms with Gasteiger partial charge in [0.2, 0.25) is 0 Å². The molecule has 5 heteroatoms. The third kappa shape index (κ3) is 3.13. The lowest BCUT2D eigenvalue weighted by molar-refractivity contribution is -0.137. The standard InChI is InChI=1S/C17H20N2O3/c20-16(18-12-13-6-2-1-3-7-13)17(21)19-10-11-22-15-9-5-4-8-14(15)19/h1-2,4-5,8-9,13H,3,6-7,10-12H2,(H,18,20). The van der Waals surface area contributed by atoms with Crippen molar-refractivity contribution in [3.8, 4) is 5.75 Å². The molecule has 0 aromatic heterocycles. The van der Waals surface area contributed by atoms with Gasteiger partial charge in [-0.2, -0.15) is 0 Å². The molecule has 5 nitrogen and oxygen atoms in total. The van der Waals surface area contributed by atoms with Gasteiger partial charge in [-0.1, -0.05) is 24.3 Å². The summed E-state index contributed by atoms with van der Waals surface area (Å²) in [5.41, 5.74) is 0.662. The zero-order chi connectivity index (χ0) is 15.4. The van der Waals surface area contributed by atoms with Gasteiger partial charge in [0.05, 0.1) is 12.2 Å². The van der Waals surface area contributed by atoms with E-state index in [-0.39, 0.29) is 0 Å². The minimum atomic E-state index is -0.536. The zero-order valence-electron chi connectivity index (χ0n) is 12.5. The number of rotatable bonds is 2. The van der Waals surface area contributed by atoms with E-state index < -0.39 is 11.8 Å². The molecule has 1 aliphatic heterocycles. The molecule has 1 N–H and O–H groups in total. The van der Waals surface area contributed by atoms with Gasteiger partial charge in [-0.15, -0.1) is 0 Å². The maximum absolute atomic E-state index is 12.4. The Balaban J connectivity index is 1.61. The van der Waals surface area contributed by atoms with Crippen LogP contribution in [0.3, 0.4) is 0 Å². The van der Waals surface area contributed by atoms with Crippen LogP contribution in [0.1, 0.15) is 19.3 Å². The predicted octanol–water partition coefficient (Wildman–Crippen LogP) is 1.88. The Kier molecular flexibility index (Phi) is 4.42. The van der Waals surface area contributed by atoms with Crippen LogP contribution < -0.4 is 15.0 Å². The van der Waals surface area contributed by atoms with Gasteiger partial charge in [0.25, 0.3) is 0 Å². The minimum absolute atomic E-state index is 0.398. The molecular weight excluding hydrogens is 280 g/mol. The maximum Gasteiger partial charge on any atom is 0.316 e. The second kappa shape index (κ2) is 6.64. The fourth-order valence-corrected chi connectivity index (χ4v) is 2.86. The second-order valence-electron chi connectivity index (χ2n) is 5.63. The normalized spacial score (nSPS) is 20.0. The summed E-state index contributed by atoms with van der Waals surface area (Å²) in [6.45, 7) is 1.36. The van der Waals surface area contributed by atoms with Crippen molar-refractivity contribution in [3.05, 3.63) is 36.4 Å². The molecule has 0 spiro atoms. The smallest absolute Gasteiger partial charge is 0.316 e. The topological polar surface area (TPSA) is 58.6 Å². The number of hydrogen-bond donors (Lipinski definition) is 1. The fourth-order valence-electron chi connectivity index (χ4n) is 2.86. The summed E-state index contributed by atoms with van der Waals surface area (Å²) in [5, 5.41) is 2.78. The lowest BCUT2D eigenvalue weighted by atomic mass is 9.94. The number of carbonyl (C=O) groups is 2. The van der Waals surface area contributed by atoms with Crippen LogP contribution in [0.5, 0.6) is 5.75 Å². The van der Waals surface area contributed by atoms with E-state index in [1.165, 1.54) is 4.90 Å². The lowest BCUT2D eigenvalue weighted by Crippen LogP contribution is -2.47. The van der Waals surface area contributed by atoms with E-state index in [0.29, 0.717) is 37.1 Å². The number of nitrogens with one attached hydrogen (secondary N) is 1. The molecule has 0 radical (unpaired) electrons. The number of nitrogens with zero attached hydrogens (tertiary/aromatic N) is 1. The summed E-state index contributed by atoms with van der Waals surface area (Å²) in [6.07, 6.45) is 7.38. The summed E-state index contributed by atoms with van der Waals surface area (Å²) in [7, 11) is 0. The largest absolute Gasteiger partial charge is 0.490 e. The van der Waals surface area contributed by atoms with Crippen molar-refractivity contribution in [3.63, 3.8) is 0 Å². The first-order valence-corrected chi connectivity index (χ1v) is 7.72. The highest BCUT2D eigenvalue weighted by Gasteiger charge is 2.28. The van der Waals surface area contributed by atoms with E-state index in [0.717, 1.165) is 19.3 Å². The van der Waals surface area contributed by atoms with Crippen molar-refractivity contribution in [1.82, 2.24) is 5.32 Å². The highest BCUT2D eigenvalue weighted by molar-refractivity contribution is 6.40. The molecular formula is C17H20N2O3. The summed E-state index contributed by atoms with van der Waals surface area (Å²) in [5.74, 6) is 0.0272. The van der Waals surface area contributed by atoms with Crippen molar-refractivity contribution in [1.29, 1.82) is 0 Å². The quantitative estimate of drug-likeness (QED) is 0.670. The summed E-state index contributed by atoms with van der Waals surface area (Å²) in [4.78, 5) is 26.0. The SMILES string of the molecule is O=C(NCC1CC=CCC1)C(=O)N1CCOc2ccccc21. The van der Waals surface area contributed by atoms with Crippen LogP contribution in [-0.4, -0.2) is 31.5 Å². The maximum atomic E-state index is 12.4. The Morgan fingerprint density at radius 1 is 1.27 bits per heavy atom. The number of allylic oxidation sites excluding steroid dienone is 2. The van der Waals surface area contributed by atoms with Gasteiger partial charge in [-0.3, -0.25) is 14.5 Å². The molecule has 1 aliphatic carbocycles. The molecule has 1 heterocycles. The average molecular weight is 300 g/mol. The third-order valence-corrected chi connectivity index (χ3v) is 4.10. The van der Waals surface area contributed by atoms with Gasteiger partial charge in [0, 0.05) is 6.54 Å². The highest BCUT2D eigenvalue weighted by Crippen LogP contribution is 2.30. The Hall–Kier alpha value is -2.30. The minimum Gasteiger partial charge on any atom is -0.490 e. The van der Waals surface area contributed by atoms with E-state index in [2.05, 4.69) is 17.5 Å². The van der Waals surface area contributed by atoms with Gasteiger partial charge in [-0.05, 0) is 37.3 Å². The second-order valence-corrected chi connectivity index (χ2v) is 5.63. The van der Waals surface area contributed by atoms with Gasteiger partial charge < -0.3 is 10.1 Å². The van der Waals surface area contributed by atoms with Crippen molar-refractivity contribution in [2.24, 2.45) is 5.92 Å². The van der Waals surface area contributed by atoms with E-state index in [1.807, 2.05) is 12.1 Å². The predicted molar refractivity (Wildman–Crippen MR) is 83.8 cm³/mol. The first-order valence-electron chi connectivity index (χ1n) is 7.72. The third-order valence-electron chi connectivity index (χ3n) is 4.10. The fraction of sp³-hybridized carbons (Fsp3) is 0.412. The number of carbonyl (C=O) groups excluding carboxylic acids is 2. The molecule has 1 aromatic rings. The van der Waals surface area contributed by atoms with Crippen molar-refractivity contribution in [2.45, 2.75) is 19.3 Å². The lowest BCUT2D eigenvalue weighted by Gasteiger charge is -2.29. The molecule has 0 saturated carbocycles. The number of ether oxygens (including phenoxy) is 1. The Morgan fingerprint density at radius 2 is 2.14 bits per heavy atom. The van der Waals surface area contributed by atoms with Gasteiger partial charge in [-0.25, -0.2) is 0 Å². The van der Waals surface area contributed by atoms with Crippen LogP contribution in [-0.2, 0) is 9.59 Å².